The van der Waals surface area contributed by atoms with Gasteiger partial charge in [0.25, 0.3) is 9.84 Å². The maximum Gasteiger partial charge on any atom is 0.497 e. The second kappa shape index (κ2) is 4.82. The Balaban J connectivity index is 5.00. The molecule has 4 nitrogen and oxygen atoms in total. The standard InChI is InChI=1S/C7H11F3O4S/c1-2-3-5(4-6(11)12)15(13,14)7(8,9)10/h5H,2-4H2,1H3,(H,11,12). The predicted molar refractivity (Wildman–Crippen MR) is 45.9 cm³/mol. The molecule has 0 aliphatic carbocycles. The number of aliphatic carboxylic acids is 1. The molecule has 0 aromatic carbocycles. The van der Waals surface area contributed by atoms with Gasteiger partial charge in [0.2, 0.25) is 0 Å². The van der Waals surface area contributed by atoms with Crippen molar-refractivity contribution in [1.82, 2.24) is 0 Å². The van der Waals surface area contributed by atoms with Crippen molar-refractivity contribution >= 4 is 15.8 Å². The van der Waals surface area contributed by atoms with E-state index in [1.807, 2.05) is 0 Å². The lowest BCUT2D eigenvalue weighted by molar-refractivity contribution is -0.137. The van der Waals surface area contributed by atoms with Crippen molar-refractivity contribution in [2.75, 3.05) is 0 Å². The Hall–Kier alpha value is -0.790. The average Bonchev–Trinajstić information content (AvgIpc) is 2.00. The topological polar surface area (TPSA) is 71.4 Å². The zero-order valence-corrected chi connectivity index (χ0v) is 8.73. The molecule has 0 saturated heterocycles. The quantitative estimate of drug-likeness (QED) is 0.801. The summed E-state index contributed by atoms with van der Waals surface area (Å²) in [7, 11) is -5.38. The largest absolute Gasteiger partial charge is 0.497 e. The van der Waals surface area contributed by atoms with Crippen LogP contribution in [0.2, 0.25) is 0 Å². The van der Waals surface area contributed by atoms with Crippen molar-refractivity contribution in [1.29, 1.82) is 0 Å². The van der Waals surface area contributed by atoms with E-state index in [9.17, 15) is 26.4 Å². The van der Waals surface area contributed by atoms with Gasteiger partial charge >= 0.3 is 11.5 Å². The normalized spacial score (nSPS) is 14.9. The van der Waals surface area contributed by atoms with E-state index in [0.29, 0.717) is 0 Å². The summed E-state index contributed by atoms with van der Waals surface area (Å²) in [5.74, 6) is -1.55. The third kappa shape index (κ3) is 3.69. The van der Waals surface area contributed by atoms with Crippen molar-refractivity contribution in [2.24, 2.45) is 0 Å². The van der Waals surface area contributed by atoms with Crippen LogP contribution in [0.5, 0.6) is 0 Å². The summed E-state index contributed by atoms with van der Waals surface area (Å²) in [5, 5.41) is 6.42. The number of carbonyl (C=O) groups is 1. The van der Waals surface area contributed by atoms with Crippen LogP contribution in [-0.4, -0.2) is 30.3 Å². The third-order valence-corrected chi connectivity index (χ3v) is 3.70. The molecule has 1 atom stereocenters. The fourth-order valence-corrected chi connectivity index (χ4v) is 2.36. The van der Waals surface area contributed by atoms with Crippen LogP contribution in [0.15, 0.2) is 0 Å². The minimum atomic E-state index is -5.39. The van der Waals surface area contributed by atoms with Crippen LogP contribution < -0.4 is 0 Å². The molecule has 0 radical (unpaired) electrons. The Morgan fingerprint density at radius 1 is 1.40 bits per heavy atom. The zero-order valence-electron chi connectivity index (χ0n) is 7.91. The molecule has 15 heavy (non-hydrogen) atoms. The number of hydrogen-bond donors (Lipinski definition) is 1. The summed E-state index contributed by atoms with van der Waals surface area (Å²) in [6, 6.07) is 0. The Morgan fingerprint density at radius 2 is 1.87 bits per heavy atom. The Labute approximate surface area is 85.0 Å². The highest BCUT2D eigenvalue weighted by Gasteiger charge is 2.50. The van der Waals surface area contributed by atoms with Gasteiger partial charge in [0.15, 0.2) is 0 Å². The molecule has 1 N–H and O–H groups in total. The molecule has 1 unspecified atom stereocenters. The highest BCUT2D eigenvalue weighted by atomic mass is 32.2. The molecule has 0 aromatic rings. The van der Waals surface area contributed by atoms with Crippen LogP contribution in [0.25, 0.3) is 0 Å². The smallest absolute Gasteiger partial charge is 0.481 e. The molecular weight excluding hydrogens is 237 g/mol. The van der Waals surface area contributed by atoms with E-state index < -0.39 is 33.0 Å². The summed E-state index contributed by atoms with van der Waals surface area (Å²) < 4.78 is 58.0. The second-order valence-electron chi connectivity index (χ2n) is 3.00. The highest BCUT2D eigenvalue weighted by molar-refractivity contribution is 7.92. The minimum absolute atomic E-state index is 0.174. The molecule has 0 spiro atoms. The summed E-state index contributed by atoms with van der Waals surface area (Å²) >= 11 is 0. The number of rotatable bonds is 5. The minimum Gasteiger partial charge on any atom is -0.481 e. The molecule has 90 valence electrons. The summed E-state index contributed by atoms with van der Waals surface area (Å²) in [5.41, 5.74) is -5.39. The van der Waals surface area contributed by atoms with E-state index in [1.54, 1.807) is 0 Å². The lowest BCUT2D eigenvalue weighted by atomic mass is 10.2. The van der Waals surface area contributed by atoms with E-state index in [2.05, 4.69) is 0 Å². The van der Waals surface area contributed by atoms with Gasteiger partial charge in [-0.15, -0.1) is 0 Å². The van der Waals surface area contributed by atoms with Gasteiger partial charge in [-0.2, -0.15) is 13.2 Å². The molecular formula is C7H11F3O4S. The van der Waals surface area contributed by atoms with Crippen molar-refractivity contribution < 1.29 is 31.5 Å². The van der Waals surface area contributed by atoms with Gasteiger partial charge in [-0.1, -0.05) is 13.3 Å². The fourth-order valence-electron chi connectivity index (χ4n) is 1.07. The SMILES string of the molecule is CCCC(CC(=O)O)S(=O)(=O)C(F)(F)F. The van der Waals surface area contributed by atoms with E-state index in [0.717, 1.165) is 0 Å². The van der Waals surface area contributed by atoms with Crippen LogP contribution in [0.4, 0.5) is 13.2 Å². The third-order valence-electron chi connectivity index (χ3n) is 1.77. The summed E-state index contributed by atoms with van der Waals surface area (Å²) in [6.07, 6.45) is -1.16. The zero-order chi connectivity index (χ0) is 12.3. The molecule has 8 heteroatoms. The monoisotopic (exact) mass is 248 g/mol. The first-order valence-corrected chi connectivity index (χ1v) is 5.69. The van der Waals surface area contributed by atoms with E-state index in [1.165, 1.54) is 6.92 Å². The molecule has 0 aromatic heterocycles. The molecule has 0 saturated carbocycles. The van der Waals surface area contributed by atoms with Gasteiger partial charge < -0.3 is 5.11 Å². The number of carboxylic acid groups (broad SMARTS) is 1. The molecule has 0 fully saturated rings. The van der Waals surface area contributed by atoms with Crippen molar-refractivity contribution in [2.45, 2.75) is 36.9 Å². The van der Waals surface area contributed by atoms with Crippen LogP contribution in [0.3, 0.4) is 0 Å². The Kier molecular flexibility index (Phi) is 4.57. The number of carboxylic acids is 1. The highest BCUT2D eigenvalue weighted by Crippen LogP contribution is 2.30. The predicted octanol–water partition coefficient (Wildman–Crippen LogP) is 1.56. The lowest BCUT2D eigenvalue weighted by Gasteiger charge is -2.16. The maximum absolute atomic E-state index is 12.1. The number of alkyl halides is 3. The van der Waals surface area contributed by atoms with Crippen LogP contribution in [0.1, 0.15) is 26.2 Å². The van der Waals surface area contributed by atoms with Gasteiger partial charge in [-0.3, -0.25) is 4.79 Å². The van der Waals surface area contributed by atoms with Crippen molar-refractivity contribution in [3.63, 3.8) is 0 Å². The Bertz CT molecular complexity index is 320. The lowest BCUT2D eigenvalue weighted by Crippen LogP contribution is -2.35. The average molecular weight is 248 g/mol. The van der Waals surface area contributed by atoms with Crippen LogP contribution >= 0.6 is 0 Å². The fraction of sp³-hybridized carbons (Fsp3) is 0.857. The number of hydrogen-bond acceptors (Lipinski definition) is 3. The van der Waals surface area contributed by atoms with E-state index in [-0.39, 0.29) is 12.8 Å². The van der Waals surface area contributed by atoms with E-state index >= 15 is 0 Å². The van der Waals surface area contributed by atoms with Crippen molar-refractivity contribution in [3.8, 4) is 0 Å². The van der Waals surface area contributed by atoms with Crippen LogP contribution in [0, 0.1) is 0 Å². The van der Waals surface area contributed by atoms with Gasteiger partial charge in [-0.25, -0.2) is 8.42 Å². The first-order valence-electron chi connectivity index (χ1n) is 4.14. The molecule has 0 rings (SSSR count). The first-order chi connectivity index (χ1) is 6.63. The summed E-state index contributed by atoms with van der Waals surface area (Å²) in [6.45, 7) is 1.49. The first kappa shape index (κ1) is 14.2. The van der Waals surface area contributed by atoms with E-state index in [4.69, 9.17) is 5.11 Å². The van der Waals surface area contributed by atoms with Gasteiger partial charge in [0.1, 0.15) is 0 Å². The Morgan fingerprint density at radius 3 is 2.13 bits per heavy atom. The molecule has 0 amide bonds. The molecule has 0 aliphatic heterocycles. The van der Waals surface area contributed by atoms with Gasteiger partial charge in [-0.05, 0) is 6.42 Å². The molecule has 0 aliphatic rings. The number of sulfone groups is 1. The van der Waals surface area contributed by atoms with Gasteiger partial charge in [0.05, 0.1) is 11.7 Å². The second-order valence-corrected chi connectivity index (χ2v) is 5.22. The van der Waals surface area contributed by atoms with Crippen LogP contribution in [-0.2, 0) is 14.6 Å². The molecule has 0 bridgehead atoms. The summed E-state index contributed by atoms with van der Waals surface area (Å²) in [4.78, 5) is 10.2. The number of halogens is 3. The van der Waals surface area contributed by atoms with Crippen molar-refractivity contribution in [3.05, 3.63) is 0 Å². The maximum atomic E-state index is 12.1. The molecule has 0 heterocycles. The van der Waals surface area contributed by atoms with Gasteiger partial charge in [0, 0.05) is 0 Å².